The molecule has 104 valence electrons. The minimum atomic E-state index is -0.373. The predicted octanol–water partition coefficient (Wildman–Crippen LogP) is 3.13. The van der Waals surface area contributed by atoms with E-state index in [9.17, 15) is 9.18 Å². The maximum Gasteiger partial charge on any atom is 0.255 e. The molecule has 2 rings (SSSR count). The summed E-state index contributed by atoms with van der Waals surface area (Å²) in [5, 5.41) is 5.58. The number of pyridine rings is 1. The van der Waals surface area contributed by atoms with E-state index in [1.165, 1.54) is 12.1 Å². The third-order valence-corrected chi connectivity index (χ3v) is 2.77. The van der Waals surface area contributed by atoms with E-state index >= 15 is 0 Å². The van der Waals surface area contributed by atoms with E-state index in [-0.39, 0.29) is 11.7 Å². The Balaban J connectivity index is 2.25. The Labute approximate surface area is 117 Å². The Morgan fingerprint density at radius 2 is 1.90 bits per heavy atom. The lowest BCUT2D eigenvalue weighted by molar-refractivity contribution is 0.102. The van der Waals surface area contributed by atoms with Gasteiger partial charge in [0.2, 0.25) is 0 Å². The summed E-state index contributed by atoms with van der Waals surface area (Å²) in [6.45, 7) is 3.58. The van der Waals surface area contributed by atoms with E-state index in [0.717, 1.165) is 11.3 Å². The zero-order valence-electron chi connectivity index (χ0n) is 11.6. The van der Waals surface area contributed by atoms with Gasteiger partial charge in [0.1, 0.15) is 11.6 Å². The number of nitrogens with zero attached hydrogens (tertiary/aromatic N) is 1. The first-order chi connectivity index (χ1) is 9.47. The van der Waals surface area contributed by atoms with Crippen LogP contribution in [0.1, 0.15) is 21.6 Å². The van der Waals surface area contributed by atoms with E-state index in [2.05, 4.69) is 15.6 Å². The van der Waals surface area contributed by atoms with Crippen molar-refractivity contribution in [3.63, 3.8) is 0 Å². The summed E-state index contributed by atoms with van der Waals surface area (Å²) in [4.78, 5) is 16.4. The highest BCUT2D eigenvalue weighted by Gasteiger charge is 2.09. The molecule has 2 aromatic rings. The minimum absolute atomic E-state index is 0.294. The zero-order chi connectivity index (χ0) is 14.7. The summed E-state index contributed by atoms with van der Waals surface area (Å²) in [5.74, 6) is -0.0512. The van der Waals surface area contributed by atoms with Crippen LogP contribution in [0.2, 0.25) is 0 Å². The largest absolute Gasteiger partial charge is 0.373 e. The van der Waals surface area contributed by atoms with Crippen molar-refractivity contribution in [2.45, 2.75) is 13.8 Å². The van der Waals surface area contributed by atoms with Crippen LogP contribution in [0.15, 0.2) is 30.3 Å². The van der Waals surface area contributed by atoms with E-state index in [4.69, 9.17) is 0 Å². The molecule has 5 heteroatoms. The van der Waals surface area contributed by atoms with Crippen molar-refractivity contribution in [1.29, 1.82) is 0 Å². The van der Waals surface area contributed by atoms with Gasteiger partial charge in [-0.3, -0.25) is 4.79 Å². The second kappa shape index (κ2) is 5.69. The summed E-state index contributed by atoms with van der Waals surface area (Å²) in [5.41, 5.74) is 2.40. The summed E-state index contributed by atoms with van der Waals surface area (Å²) in [7, 11) is 1.74. The molecule has 1 aromatic heterocycles. The van der Waals surface area contributed by atoms with Crippen LogP contribution in [0.25, 0.3) is 0 Å². The molecule has 2 N–H and O–H groups in total. The Kier molecular flexibility index (Phi) is 3.98. The number of carbonyl (C=O) groups excluding carboxylic acids is 1. The van der Waals surface area contributed by atoms with Gasteiger partial charge < -0.3 is 10.6 Å². The lowest BCUT2D eigenvalue weighted by atomic mass is 10.2. The van der Waals surface area contributed by atoms with Crippen molar-refractivity contribution in [3.8, 4) is 0 Å². The fourth-order valence-electron chi connectivity index (χ4n) is 1.94. The van der Waals surface area contributed by atoms with Gasteiger partial charge >= 0.3 is 0 Å². The van der Waals surface area contributed by atoms with Crippen molar-refractivity contribution < 1.29 is 9.18 Å². The molecule has 0 unspecified atom stereocenters. The first kappa shape index (κ1) is 14.0. The summed E-state index contributed by atoms with van der Waals surface area (Å²) < 4.78 is 13.3. The molecule has 4 nitrogen and oxygen atoms in total. The van der Waals surface area contributed by atoms with Gasteiger partial charge in [-0.05, 0) is 49.7 Å². The molecular formula is C15H16FN3O. The van der Waals surface area contributed by atoms with Crippen LogP contribution in [0.4, 0.5) is 15.9 Å². The van der Waals surface area contributed by atoms with Gasteiger partial charge in [0.15, 0.2) is 0 Å². The molecule has 1 aromatic carbocycles. The molecule has 0 aliphatic rings. The van der Waals surface area contributed by atoms with Gasteiger partial charge in [-0.1, -0.05) is 0 Å². The molecule has 20 heavy (non-hydrogen) atoms. The van der Waals surface area contributed by atoms with Gasteiger partial charge in [0.05, 0.1) is 0 Å². The summed E-state index contributed by atoms with van der Waals surface area (Å²) in [6, 6.07) is 7.74. The maximum atomic E-state index is 13.3. The number of aryl methyl sites for hydroxylation is 2. The van der Waals surface area contributed by atoms with Crippen molar-refractivity contribution >= 4 is 17.4 Å². The monoisotopic (exact) mass is 273 g/mol. The number of rotatable bonds is 3. The average molecular weight is 273 g/mol. The highest BCUT2D eigenvalue weighted by atomic mass is 19.1. The van der Waals surface area contributed by atoms with Crippen LogP contribution in [-0.2, 0) is 0 Å². The molecule has 0 aliphatic carbocycles. The second-order valence-corrected chi connectivity index (χ2v) is 4.60. The zero-order valence-corrected chi connectivity index (χ0v) is 11.6. The van der Waals surface area contributed by atoms with E-state index in [0.29, 0.717) is 17.1 Å². The van der Waals surface area contributed by atoms with E-state index in [1.807, 2.05) is 6.92 Å². The molecule has 0 bridgehead atoms. The number of hydrogen-bond donors (Lipinski definition) is 2. The number of nitrogens with one attached hydrogen (secondary N) is 2. The van der Waals surface area contributed by atoms with Crippen molar-refractivity contribution in [2.75, 3.05) is 17.7 Å². The third-order valence-electron chi connectivity index (χ3n) is 2.77. The fourth-order valence-corrected chi connectivity index (χ4v) is 1.94. The molecule has 0 spiro atoms. The van der Waals surface area contributed by atoms with Crippen molar-refractivity contribution in [2.24, 2.45) is 0 Å². The molecule has 0 saturated heterocycles. The van der Waals surface area contributed by atoms with E-state index < -0.39 is 0 Å². The number of carbonyl (C=O) groups is 1. The van der Waals surface area contributed by atoms with Gasteiger partial charge in [0.25, 0.3) is 5.91 Å². The Bertz CT molecular complexity index is 635. The third kappa shape index (κ3) is 3.32. The number of benzene rings is 1. The number of anilines is 2. The fraction of sp³-hybridized carbons (Fsp3) is 0.200. The Morgan fingerprint density at radius 1 is 1.15 bits per heavy atom. The number of halogens is 1. The number of amides is 1. The average Bonchev–Trinajstić information content (AvgIpc) is 2.36. The smallest absolute Gasteiger partial charge is 0.255 e. The van der Waals surface area contributed by atoms with Crippen LogP contribution in [0.5, 0.6) is 0 Å². The van der Waals surface area contributed by atoms with Gasteiger partial charge in [-0.2, -0.15) is 0 Å². The van der Waals surface area contributed by atoms with Crippen LogP contribution in [-0.4, -0.2) is 17.9 Å². The molecule has 0 atom stereocenters. The topological polar surface area (TPSA) is 54.0 Å². The highest BCUT2D eigenvalue weighted by molar-refractivity contribution is 6.04. The van der Waals surface area contributed by atoms with Crippen LogP contribution in [0.3, 0.4) is 0 Å². The van der Waals surface area contributed by atoms with Crippen molar-refractivity contribution in [3.05, 3.63) is 53.0 Å². The molecule has 0 radical (unpaired) electrons. The molecule has 1 amide bonds. The van der Waals surface area contributed by atoms with Crippen LogP contribution < -0.4 is 10.6 Å². The highest BCUT2D eigenvalue weighted by Crippen LogP contribution is 2.16. The quantitative estimate of drug-likeness (QED) is 0.903. The minimum Gasteiger partial charge on any atom is -0.373 e. The molecule has 1 heterocycles. The number of aromatic nitrogens is 1. The van der Waals surface area contributed by atoms with E-state index in [1.54, 1.807) is 32.2 Å². The van der Waals surface area contributed by atoms with Crippen LogP contribution >= 0.6 is 0 Å². The van der Waals surface area contributed by atoms with Gasteiger partial charge in [0, 0.05) is 24.0 Å². The van der Waals surface area contributed by atoms with Crippen LogP contribution in [0, 0.1) is 19.7 Å². The van der Waals surface area contributed by atoms with Gasteiger partial charge in [-0.15, -0.1) is 0 Å². The molecule has 0 fully saturated rings. The normalized spacial score (nSPS) is 10.2. The Hall–Kier alpha value is -2.43. The maximum absolute atomic E-state index is 13.3. The lowest BCUT2D eigenvalue weighted by Gasteiger charge is -2.08. The van der Waals surface area contributed by atoms with Crippen molar-refractivity contribution in [1.82, 2.24) is 4.98 Å². The first-order valence-corrected chi connectivity index (χ1v) is 6.23. The first-order valence-electron chi connectivity index (χ1n) is 6.23. The molecular weight excluding hydrogens is 257 g/mol. The van der Waals surface area contributed by atoms with Gasteiger partial charge in [-0.25, -0.2) is 9.37 Å². The summed E-state index contributed by atoms with van der Waals surface area (Å²) >= 11 is 0. The molecule has 0 saturated carbocycles. The Morgan fingerprint density at radius 3 is 2.55 bits per heavy atom. The predicted molar refractivity (Wildman–Crippen MR) is 77.6 cm³/mol. The summed E-state index contributed by atoms with van der Waals surface area (Å²) in [6.07, 6.45) is 0. The second-order valence-electron chi connectivity index (χ2n) is 4.60. The molecule has 0 aliphatic heterocycles. The number of hydrogen-bond acceptors (Lipinski definition) is 3. The lowest BCUT2D eigenvalue weighted by Crippen LogP contribution is -2.13. The SMILES string of the molecule is CNc1cc(C(=O)Nc2cc(C)cc(F)c2)cc(C)n1. The standard InChI is InChI=1S/C15H16FN3O/c1-9-4-12(16)8-13(5-9)19-15(20)11-6-10(2)18-14(7-11)17-3/h4-8H,1-3H3,(H,17,18)(H,19,20).